The van der Waals surface area contributed by atoms with Gasteiger partial charge in [0.25, 0.3) is 0 Å². The molecule has 0 radical (unpaired) electrons. The van der Waals surface area contributed by atoms with Crippen LogP contribution < -0.4 is 0 Å². The lowest BCUT2D eigenvalue weighted by atomic mass is 9.75. The maximum Gasteiger partial charge on any atom is 0.345 e. The number of carbonyl (C=O) groups is 2. The van der Waals surface area contributed by atoms with Gasteiger partial charge in [-0.2, -0.15) is 9.78 Å². The van der Waals surface area contributed by atoms with Crippen LogP contribution >= 0.6 is 0 Å². The zero-order valence-electron chi connectivity index (χ0n) is 22.3. The first-order valence-corrected chi connectivity index (χ1v) is 12.8. The van der Waals surface area contributed by atoms with E-state index in [4.69, 9.17) is 19.6 Å². The summed E-state index contributed by atoms with van der Waals surface area (Å²) >= 11 is 0. The van der Waals surface area contributed by atoms with E-state index in [1.807, 2.05) is 27.7 Å². The molecule has 0 aromatic heterocycles. The smallest absolute Gasteiger partial charge is 0.298 e. The Kier molecular flexibility index (Phi) is 15.1. The highest BCUT2D eigenvalue weighted by Crippen LogP contribution is 2.38. The van der Waals surface area contributed by atoms with Gasteiger partial charge in [-0.1, -0.05) is 80.6 Å². The Bertz CT molecular complexity index is 528. The Labute approximate surface area is 196 Å². The van der Waals surface area contributed by atoms with E-state index in [9.17, 15) is 9.59 Å². The van der Waals surface area contributed by atoms with Crippen LogP contribution in [0.5, 0.6) is 0 Å². The van der Waals surface area contributed by atoms with Crippen LogP contribution in [-0.2, 0) is 29.1 Å². The first kappa shape index (κ1) is 30.9. The van der Waals surface area contributed by atoms with E-state index in [2.05, 4.69) is 20.8 Å². The van der Waals surface area contributed by atoms with Crippen molar-refractivity contribution in [3.63, 3.8) is 0 Å². The van der Waals surface area contributed by atoms with Gasteiger partial charge in [-0.3, -0.25) is 9.78 Å². The summed E-state index contributed by atoms with van der Waals surface area (Å²) in [6.45, 7) is 18.0. The lowest BCUT2D eigenvalue weighted by molar-refractivity contribution is -0.402. The molecule has 190 valence electrons. The summed E-state index contributed by atoms with van der Waals surface area (Å²) in [4.78, 5) is 47.2. The first-order valence-electron chi connectivity index (χ1n) is 12.8. The molecule has 0 amide bonds. The summed E-state index contributed by atoms with van der Waals surface area (Å²) in [5, 5.41) is 0. The maximum atomic E-state index is 12.6. The molecule has 6 heteroatoms. The Balaban J connectivity index is 5.33. The molecule has 0 N–H and O–H groups in total. The van der Waals surface area contributed by atoms with Gasteiger partial charge >= 0.3 is 11.9 Å². The van der Waals surface area contributed by atoms with Crippen molar-refractivity contribution >= 4 is 11.9 Å². The summed E-state index contributed by atoms with van der Waals surface area (Å²) < 4.78 is 0. The van der Waals surface area contributed by atoms with E-state index in [0.29, 0.717) is 12.8 Å². The minimum absolute atomic E-state index is 0.185. The van der Waals surface area contributed by atoms with Gasteiger partial charge in [0, 0.05) is 0 Å². The summed E-state index contributed by atoms with van der Waals surface area (Å²) in [6, 6.07) is 0. The molecule has 0 bridgehead atoms. The zero-order valence-corrected chi connectivity index (χ0v) is 22.3. The molecule has 0 saturated carbocycles. The van der Waals surface area contributed by atoms with Crippen molar-refractivity contribution in [2.24, 2.45) is 17.3 Å². The SMILES string of the molecule is CCCCC(CC)C(=O)OOC(C(C)(C)CCC)C(C)(C)OOC(=O)C(CC)CCCC. The summed E-state index contributed by atoms with van der Waals surface area (Å²) in [5.74, 6) is -1.08. The number of hydrogen-bond acceptors (Lipinski definition) is 6. The molecule has 32 heavy (non-hydrogen) atoms. The average molecular weight is 459 g/mol. The highest BCUT2D eigenvalue weighted by molar-refractivity contribution is 5.72. The molecule has 0 aromatic carbocycles. The van der Waals surface area contributed by atoms with Gasteiger partial charge < -0.3 is 0 Å². The molecule has 3 atom stereocenters. The van der Waals surface area contributed by atoms with Crippen LogP contribution in [0, 0.1) is 17.3 Å². The van der Waals surface area contributed by atoms with E-state index in [1.165, 1.54) is 0 Å². The molecule has 0 spiro atoms. The standard InChI is InChI=1S/C26H50O6/c1-10-15-17-20(13-4)22(27)29-31-24(25(6,7)19-12-3)26(8,9)32-30-23(28)21(14-5)18-16-11-2/h20-21,24H,10-19H2,1-9H3. The Hall–Kier alpha value is -1.14. The largest absolute Gasteiger partial charge is 0.345 e. The second-order valence-electron chi connectivity index (χ2n) is 10.2. The molecule has 0 fully saturated rings. The Morgan fingerprint density at radius 1 is 0.719 bits per heavy atom. The lowest BCUT2D eigenvalue weighted by Crippen LogP contribution is -2.50. The van der Waals surface area contributed by atoms with Crippen LogP contribution in [-0.4, -0.2) is 23.6 Å². The number of unbranched alkanes of at least 4 members (excludes halogenated alkanes) is 2. The first-order chi connectivity index (χ1) is 15.0. The minimum Gasteiger partial charge on any atom is -0.298 e. The lowest BCUT2D eigenvalue weighted by Gasteiger charge is -2.41. The highest BCUT2D eigenvalue weighted by Gasteiger charge is 2.46. The van der Waals surface area contributed by atoms with Gasteiger partial charge in [0.15, 0.2) is 0 Å². The Morgan fingerprint density at radius 3 is 1.59 bits per heavy atom. The second kappa shape index (κ2) is 15.7. The number of rotatable bonds is 18. The van der Waals surface area contributed by atoms with Gasteiger partial charge in [0.05, 0.1) is 11.8 Å². The summed E-state index contributed by atoms with van der Waals surface area (Å²) in [6.07, 6.45) is 8.12. The Morgan fingerprint density at radius 2 is 1.19 bits per heavy atom. The molecule has 0 saturated heterocycles. The van der Waals surface area contributed by atoms with Gasteiger partial charge in [-0.05, 0) is 51.4 Å². The topological polar surface area (TPSA) is 71.1 Å². The number of hydrogen-bond donors (Lipinski definition) is 0. The highest BCUT2D eigenvalue weighted by atomic mass is 17.2. The van der Waals surface area contributed by atoms with Gasteiger partial charge in [0.2, 0.25) is 0 Å². The molecule has 0 aliphatic rings. The van der Waals surface area contributed by atoms with Gasteiger partial charge in [-0.25, -0.2) is 9.59 Å². The fourth-order valence-electron chi connectivity index (χ4n) is 4.26. The van der Waals surface area contributed by atoms with Gasteiger partial charge in [0.1, 0.15) is 11.7 Å². The zero-order chi connectivity index (χ0) is 24.8. The molecule has 0 aliphatic heterocycles. The molecule has 0 rings (SSSR count). The molecule has 0 aliphatic carbocycles. The summed E-state index contributed by atoms with van der Waals surface area (Å²) in [7, 11) is 0. The van der Waals surface area contributed by atoms with Crippen molar-refractivity contribution in [2.75, 3.05) is 0 Å². The predicted octanol–water partition coefficient (Wildman–Crippen LogP) is 7.34. The fourth-order valence-corrected chi connectivity index (χ4v) is 4.26. The van der Waals surface area contributed by atoms with Gasteiger partial charge in [-0.15, -0.1) is 0 Å². The average Bonchev–Trinajstić information content (AvgIpc) is 2.73. The van der Waals surface area contributed by atoms with Crippen molar-refractivity contribution in [2.45, 2.75) is 138 Å². The molecule has 3 unspecified atom stereocenters. The predicted molar refractivity (Wildman–Crippen MR) is 128 cm³/mol. The quantitative estimate of drug-likeness (QED) is 0.158. The normalized spacial score (nSPS) is 15.2. The second-order valence-corrected chi connectivity index (χ2v) is 10.2. The molecule has 6 nitrogen and oxygen atoms in total. The van der Waals surface area contributed by atoms with E-state index in [-0.39, 0.29) is 29.2 Å². The van der Waals surface area contributed by atoms with Crippen molar-refractivity contribution in [1.29, 1.82) is 0 Å². The third kappa shape index (κ3) is 10.7. The van der Waals surface area contributed by atoms with Crippen LogP contribution in [0.4, 0.5) is 0 Å². The maximum absolute atomic E-state index is 12.6. The van der Waals surface area contributed by atoms with Crippen LogP contribution in [0.25, 0.3) is 0 Å². The monoisotopic (exact) mass is 458 g/mol. The van der Waals surface area contributed by atoms with Crippen LogP contribution in [0.3, 0.4) is 0 Å². The van der Waals surface area contributed by atoms with Crippen molar-refractivity contribution in [3.05, 3.63) is 0 Å². The molecule has 0 heterocycles. The molecular weight excluding hydrogens is 408 g/mol. The fraction of sp³-hybridized carbons (Fsp3) is 0.923. The third-order valence-electron chi connectivity index (χ3n) is 6.27. The van der Waals surface area contributed by atoms with Crippen molar-refractivity contribution < 1.29 is 29.1 Å². The van der Waals surface area contributed by atoms with E-state index in [0.717, 1.165) is 51.4 Å². The summed E-state index contributed by atoms with van der Waals surface area (Å²) in [5.41, 5.74) is -1.38. The van der Waals surface area contributed by atoms with E-state index in [1.54, 1.807) is 13.8 Å². The third-order valence-corrected chi connectivity index (χ3v) is 6.27. The van der Waals surface area contributed by atoms with E-state index >= 15 is 0 Å². The minimum atomic E-state index is -1.01. The van der Waals surface area contributed by atoms with E-state index < -0.39 is 11.7 Å². The van der Waals surface area contributed by atoms with Crippen LogP contribution in [0.15, 0.2) is 0 Å². The molecular formula is C26H50O6. The van der Waals surface area contributed by atoms with Crippen LogP contribution in [0.1, 0.15) is 127 Å². The van der Waals surface area contributed by atoms with Crippen molar-refractivity contribution in [3.8, 4) is 0 Å². The molecule has 0 aromatic rings. The van der Waals surface area contributed by atoms with Crippen LogP contribution in [0.2, 0.25) is 0 Å². The van der Waals surface area contributed by atoms with Crippen molar-refractivity contribution in [1.82, 2.24) is 0 Å². The number of carbonyl (C=O) groups excluding carboxylic acids is 2.